The van der Waals surface area contributed by atoms with E-state index < -0.39 is 11.3 Å². The van der Waals surface area contributed by atoms with Crippen LogP contribution in [-0.2, 0) is 11.3 Å². The quantitative estimate of drug-likeness (QED) is 0.476. The lowest BCUT2D eigenvalue weighted by molar-refractivity contribution is 0.339. The smallest absolute Gasteiger partial charge is 0.0601 e. The fourth-order valence-electron chi connectivity index (χ4n) is 0.956. The molecule has 0 aromatic rings. The Bertz CT molecular complexity index is 185. The highest BCUT2D eigenvalue weighted by Crippen LogP contribution is 2.03. The molecule has 4 nitrogen and oxygen atoms in total. The zero-order valence-corrected chi connectivity index (χ0v) is 9.21. The van der Waals surface area contributed by atoms with E-state index in [2.05, 4.69) is 11.7 Å². The molecule has 78 valence electrons. The summed E-state index contributed by atoms with van der Waals surface area (Å²) in [7, 11) is 0. The van der Waals surface area contributed by atoms with Gasteiger partial charge in [-0.1, -0.05) is 13.8 Å². The molecule has 0 spiro atoms. The molecule has 0 radical (unpaired) electrons. The van der Waals surface area contributed by atoms with E-state index in [0.717, 1.165) is 0 Å². The summed E-state index contributed by atoms with van der Waals surface area (Å²) in [4.78, 5) is 3.75. The summed E-state index contributed by atoms with van der Waals surface area (Å²) in [5.74, 6) is 0.329. The summed E-state index contributed by atoms with van der Waals surface area (Å²) in [6.07, 6.45) is 0. The molecule has 0 aliphatic heterocycles. The molecule has 0 aliphatic carbocycles. The monoisotopic (exact) mass is 205 g/mol. The molecular formula is C8H17N2O2S-. The largest absolute Gasteiger partial charge is 0.760 e. The van der Waals surface area contributed by atoms with Crippen molar-refractivity contribution in [1.82, 2.24) is 4.31 Å². The van der Waals surface area contributed by atoms with Crippen molar-refractivity contribution in [2.24, 2.45) is 10.9 Å². The van der Waals surface area contributed by atoms with Gasteiger partial charge in [0.15, 0.2) is 0 Å². The van der Waals surface area contributed by atoms with Crippen molar-refractivity contribution >= 4 is 18.0 Å². The summed E-state index contributed by atoms with van der Waals surface area (Å²) >= 11 is -2.15. The van der Waals surface area contributed by atoms with Crippen LogP contribution in [0.4, 0.5) is 0 Å². The van der Waals surface area contributed by atoms with Gasteiger partial charge >= 0.3 is 0 Å². The number of rotatable bonds is 6. The Morgan fingerprint density at radius 2 is 2.00 bits per heavy atom. The first-order valence-electron chi connectivity index (χ1n) is 4.27. The maximum atomic E-state index is 10.8. The molecule has 0 aromatic heterocycles. The second-order valence-corrected chi connectivity index (χ2v) is 4.44. The van der Waals surface area contributed by atoms with E-state index in [4.69, 9.17) is 0 Å². The van der Waals surface area contributed by atoms with Crippen molar-refractivity contribution in [2.75, 3.05) is 13.1 Å². The predicted molar refractivity (Wildman–Crippen MR) is 54.3 cm³/mol. The Morgan fingerprint density at radius 3 is 2.31 bits per heavy atom. The van der Waals surface area contributed by atoms with E-state index in [1.807, 2.05) is 20.8 Å². The lowest BCUT2D eigenvalue weighted by Crippen LogP contribution is -2.34. The summed E-state index contributed by atoms with van der Waals surface area (Å²) in [6, 6.07) is -0.0448. The Balaban J connectivity index is 4.09. The molecule has 5 heteroatoms. The van der Waals surface area contributed by atoms with Crippen LogP contribution in [0, 0.1) is 5.92 Å². The van der Waals surface area contributed by atoms with Crippen molar-refractivity contribution in [1.29, 1.82) is 0 Å². The maximum Gasteiger partial charge on any atom is 0.0601 e. The van der Waals surface area contributed by atoms with Gasteiger partial charge in [0.25, 0.3) is 0 Å². The molecule has 0 saturated carbocycles. The summed E-state index contributed by atoms with van der Waals surface area (Å²) in [5.41, 5.74) is 0. The summed E-state index contributed by atoms with van der Waals surface area (Å²) in [5, 5.41) is 0. The fourth-order valence-corrected chi connectivity index (χ4v) is 1.71. The number of hydrogen-bond donors (Lipinski definition) is 0. The highest BCUT2D eigenvalue weighted by atomic mass is 32.2. The topological polar surface area (TPSA) is 55.7 Å². The fraction of sp³-hybridized carbons (Fsp3) is 0.875. The SMILES string of the molecule is C=NC(C)CN(CC(C)C)S(=O)[O-]. The molecule has 0 fully saturated rings. The standard InChI is InChI=1S/C8H18N2O2S/c1-7(2)5-10(13(11)12)6-8(3)9-4/h7-8H,4-6H2,1-3H3,(H,11,12)/p-1. The molecule has 0 N–H and O–H groups in total. The van der Waals surface area contributed by atoms with E-state index >= 15 is 0 Å². The van der Waals surface area contributed by atoms with Crippen molar-refractivity contribution in [3.8, 4) is 0 Å². The van der Waals surface area contributed by atoms with E-state index in [0.29, 0.717) is 19.0 Å². The molecule has 0 aliphatic rings. The van der Waals surface area contributed by atoms with Crippen LogP contribution in [-0.4, -0.2) is 38.9 Å². The molecule has 0 heterocycles. The zero-order chi connectivity index (χ0) is 10.4. The lowest BCUT2D eigenvalue weighted by atomic mass is 10.2. The second-order valence-electron chi connectivity index (χ2n) is 3.49. The van der Waals surface area contributed by atoms with Crippen molar-refractivity contribution in [3.05, 3.63) is 0 Å². The zero-order valence-electron chi connectivity index (χ0n) is 8.40. The first kappa shape index (κ1) is 12.7. The van der Waals surface area contributed by atoms with Gasteiger partial charge < -0.3 is 4.55 Å². The van der Waals surface area contributed by atoms with Crippen LogP contribution >= 0.6 is 0 Å². The van der Waals surface area contributed by atoms with E-state index in [-0.39, 0.29) is 6.04 Å². The maximum absolute atomic E-state index is 10.8. The van der Waals surface area contributed by atoms with Gasteiger partial charge in [-0.05, 0) is 19.6 Å². The van der Waals surface area contributed by atoms with Gasteiger partial charge in [-0.2, -0.15) is 0 Å². The first-order valence-corrected chi connectivity index (χ1v) is 5.30. The highest BCUT2D eigenvalue weighted by molar-refractivity contribution is 7.76. The minimum absolute atomic E-state index is 0.0448. The van der Waals surface area contributed by atoms with Crippen LogP contribution in [0.1, 0.15) is 20.8 Å². The highest BCUT2D eigenvalue weighted by Gasteiger charge is 2.10. The molecule has 0 saturated heterocycles. The average Bonchev–Trinajstić information content (AvgIpc) is 2.02. The van der Waals surface area contributed by atoms with E-state index in [9.17, 15) is 8.76 Å². The van der Waals surface area contributed by atoms with Crippen LogP contribution in [0.5, 0.6) is 0 Å². The minimum atomic E-state index is -2.15. The molecule has 0 rings (SSSR count). The van der Waals surface area contributed by atoms with Crippen LogP contribution in [0.15, 0.2) is 4.99 Å². The van der Waals surface area contributed by atoms with Crippen LogP contribution in [0.25, 0.3) is 0 Å². The van der Waals surface area contributed by atoms with Gasteiger partial charge in [0, 0.05) is 24.4 Å². The molecule has 0 bridgehead atoms. The third-order valence-electron chi connectivity index (χ3n) is 1.56. The second kappa shape index (κ2) is 6.23. The lowest BCUT2D eigenvalue weighted by Gasteiger charge is -2.27. The third kappa shape index (κ3) is 5.90. The average molecular weight is 205 g/mol. The van der Waals surface area contributed by atoms with Crippen LogP contribution in [0.3, 0.4) is 0 Å². The molecular weight excluding hydrogens is 188 g/mol. The first-order chi connectivity index (χ1) is 5.97. The Kier molecular flexibility index (Phi) is 6.11. The van der Waals surface area contributed by atoms with Gasteiger partial charge in [0.1, 0.15) is 0 Å². The van der Waals surface area contributed by atoms with Gasteiger partial charge in [-0.3, -0.25) is 9.20 Å². The number of nitrogens with zero attached hydrogens (tertiary/aromatic N) is 2. The molecule has 0 amide bonds. The van der Waals surface area contributed by atoms with Crippen molar-refractivity contribution < 1.29 is 8.76 Å². The summed E-state index contributed by atoms with van der Waals surface area (Å²) in [6.45, 7) is 10.1. The number of hydrogen-bond acceptors (Lipinski definition) is 3. The van der Waals surface area contributed by atoms with E-state index in [1.165, 1.54) is 4.31 Å². The molecule has 2 atom stereocenters. The van der Waals surface area contributed by atoms with Gasteiger partial charge in [-0.25, -0.2) is 4.31 Å². The Morgan fingerprint density at radius 1 is 1.46 bits per heavy atom. The number of aliphatic imine (C=N–C) groups is 1. The van der Waals surface area contributed by atoms with Crippen molar-refractivity contribution in [3.63, 3.8) is 0 Å². The van der Waals surface area contributed by atoms with Gasteiger partial charge in [-0.15, -0.1) is 0 Å². The normalized spacial score (nSPS) is 16.2. The van der Waals surface area contributed by atoms with Crippen molar-refractivity contribution in [2.45, 2.75) is 26.8 Å². The molecule has 0 aromatic carbocycles. The molecule has 13 heavy (non-hydrogen) atoms. The third-order valence-corrected chi connectivity index (χ3v) is 2.28. The Hall–Kier alpha value is -0.260. The van der Waals surface area contributed by atoms with Crippen LogP contribution in [0.2, 0.25) is 0 Å². The van der Waals surface area contributed by atoms with Gasteiger partial charge in [0.2, 0.25) is 0 Å². The van der Waals surface area contributed by atoms with Gasteiger partial charge in [0.05, 0.1) is 6.04 Å². The Labute approximate surface area is 82.5 Å². The molecule has 2 unspecified atom stereocenters. The minimum Gasteiger partial charge on any atom is -0.760 e. The van der Waals surface area contributed by atoms with E-state index in [1.54, 1.807) is 0 Å². The van der Waals surface area contributed by atoms with Crippen LogP contribution < -0.4 is 0 Å². The summed E-state index contributed by atoms with van der Waals surface area (Å²) < 4.78 is 22.9. The predicted octanol–water partition coefficient (Wildman–Crippen LogP) is 0.828.